The SMILES string of the molecule is [Cl][Co+].c1ccc2c(c1)-c1nc-2nc2[nH]c(nc3nc(nc4[n-]c(n1)c1ccccc41)-c1ccccc1-3)c1ccccc21. The Hall–Kier alpha value is -4.96. The van der Waals surface area contributed by atoms with Gasteiger partial charge in [-0.2, -0.15) is 0 Å². The Morgan fingerprint density at radius 2 is 0.762 bits per heavy atom. The number of hydrogen-bond donors (Lipinski definition) is 1. The molecule has 2 aliphatic rings. The van der Waals surface area contributed by atoms with Gasteiger partial charge >= 0.3 is 25.0 Å². The third-order valence-corrected chi connectivity index (χ3v) is 7.40. The van der Waals surface area contributed by atoms with E-state index in [1.165, 1.54) is 0 Å². The molecule has 0 aliphatic carbocycles. The number of aromatic amines is 1. The van der Waals surface area contributed by atoms with Crippen LogP contribution in [-0.2, 0) is 14.8 Å². The molecule has 2 aliphatic heterocycles. The molecule has 8 bridgehead atoms. The van der Waals surface area contributed by atoms with Gasteiger partial charge in [0.2, 0.25) is 0 Å². The summed E-state index contributed by atoms with van der Waals surface area (Å²) >= 11 is 3.03. The van der Waals surface area contributed by atoms with Gasteiger partial charge in [0.05, 0.1) is 11.6 Å². The molecule has 10 heteroatoms. The van der Waals surface area contributed by atoms with Crippen LogP contribution in [0.5, 0.6) is 0 Å². The van der Waals surface area contributed by atoms with Crippen LogP contribution in [0.15, 0.2) is 97.1 Å². The van der Waals surface area contributed by atoms with E-state index in [9.17, 15) is 0 Å². The minimum absolute atomic E-state index is 0.560. The molecule has 9 rings (SSSR count). The molecule has 7 aromatic rings. The smallest absolute Gasteiger partial charge is 0.163 e. The van der Waals surface area contributed by atoms with Crippen LogP contribution in [0.3, 0.4) is 0 Å². The van der Waals surface area contributed by atoms with E-state index in [1.54, 1.807) is 0 Å². The Kier molecular flexibility index (Phi) is 5.81. The molecule has 0 fully saturated rings. The van der Waals surface area contributed by atoms with Crippen molar-refractivity contribution < 1.29 is 14.8 Å². The van der Waals surface area contributed by atoms with Crippen LogP contribution in [0.4, 0.5) is 0 Å². The minimum Gasteiger partial charge on any atom is -0.357 e. The summed E-state index contributed by atoms with van der Waals surface area (Å²) in [5.41, 5.74) is 6.11. The standard InChI is InChI=1S/C32H17N8.ClH.Co/c1-2-10-18-17(9-1)25-33-26(18)38-28-21-13-5-6-14-22(21)30(35-28)40-32-24-16-8-7-15-23(24)31(36-32)39-29-20-12-4-3-11-19(20)27(34-29)37-25;;/h1-16H,(H-,33,34,35,36,37,38,39,40);1H;/q-1;;+2/p-1. The zero-order chi connectivity index (χ0) is 28.2. The van der Waals surface area contributed by atoms with E-state index in [4.69, 9.17) is 34.9 Å². The third kappa shape index (κ3) is 3.82. The van der Waals surface area contributed by atoms with Gasteiger partial charge in [0.25, 0.3) is 0 Å². The van der Waals surface area contributed by atoms with Crippen LogP contribution >= 0.6 is 10.1 Å². The molecule has 42 heavy (non-hydrogen) atoms. The van der Waals surface area contributed by atoms with E-state index >= 15 is 0 Å². The van der Waals surface area contributed by atoms with Crippen LogP contribution in [0.25, 0.3) is 89.7 Å². The average Bonchev–Trinajstić information content (AvgIpc) is 3.78. The second kappa shape index (κ2) is 9.84. The van der Waals surface area contributed by atoms with E-state index in [1.807, 2.05) is 97.1 Å². The van der Waals surface area contributed by atoms with Gasteiger partial charge in [-0.3, -0.25) is 0 Å². The van der Waals surface area contributed by atoms with Crippen molar-refractivity contribution >= 4 is 54.3 Å². The van der Waals surface area contributed by atoms with Crippen molar-refractivity contribution in [1.29, 1.82) is 0 Å². The number of nitrogens with zero attached hydrogens (tertiary/aromatic N) is 7. The van der Waals surface area contributed by atoms with Gasteiger partial charge in [0.1, 0.15) is 11.3 Å². The van der Waals surface area contributed by atoms with Crippen molar-refractivity contribution in [2.24, 2.45) is 0 Å². The van der Waals surface area contributed by atoms with E-state index in [0.29, 0.717) is 45.9 Å². The topological polar surface area (TPSA) is 107 Å². The molecule has 0 amide bonds. The molecular weight excluding hydrogens is 591 g/mol. The first-order valence-corrected chi connectivity index (χ1v) is 14.5. The van der Waals surface area contributed by atoms with Gasteiger partial charge in [-0.15, -0.1) is 0 Å². The first-order valence-electron chi connectivity index (χ1n) is 13.1. The summed E-state index contributed by atoms with van der Waals surface area (Å²) in [7, 11) is 4.33. The van der Waals surface area contributed by atoms with E-state index in [0.717, 1.165) is 43.8 Å². The molecule has 201 valence electrons. The molecular formula is C32H17ClCoN8. The molecule has 4 aromatic carbocycles. The monoisotopic (exact) mass is 607 g/mol. The molecule has 0 unspecified atom stereocenters. The number of hydrogen-bond acceptors (Lipinski definition) is 6. The summed E-state index contributed by atoms with van der Waals surface area (Å²) in [5.74, 6) is 2.30. The minimum atomic E-state index is 0.560. The van der Waals surface area contributed by atoms with Gasteiger partial charge in [-0.25, -0.2) is 19.9 Å². The van der Waals surface area contributed by atoms with E-state index < -0.39 is 0 Å². The second-order valence-electron chi connectivity index (χ2n) is 9.73. The first kappa shape index (κ1) is 24.8. The maximum Gasteiger partial charge on any atom is 0.163 e. The van der Waals surface area contributed by atoms with Crippen molar-refractivity contribution in [3.8, 4) is 45.6 Å². The third-order valence-electron chi connectivity index (χ3n) is 7.40. The Morgan fingerprint density at radius 1 is 0.429 bits per heavy atom. The van der Waals surface area contributed by atoms with Gasteiger partial charge in [-0.1, -0.05) is 97.1 Å². The molecule has 0 saturated carbocycles. The van der Waals surface area contributed by atoms with Crippen molar-refractivity contribution in [3.63, 3.8) is 0 Å². The summed E-state index contributed by atoms with van der Waals surface area (Å²) in [6.45, 7) is 0. The largest absolute Gasteiger partial charge is 0.357 e. The van der Waals surface area contributed by atoms with Gasteiger partial charge < -0.3 is 19.9 Å². The molecule has 0 saturated heterocycles. The molecule has 0 radical (unpaired) electrons. The zero-order valence-corrected chi connectivity index (χ0v) is 23.4. The quantitative estimate of drug-likeness (QED) is 0.194. The van der Waals surface area contributed by atoms with Crippen molar-refractivity contribution in [1.82, 2.24) is 39.9 Å². The molecule has 8 nitrogen and oxygen atoms in total. The van der Waals surface area contributed by atoms with Crippen molar-refractivity contribution in [3.05, 3.63) is 97.1 Å². The van der Waals surface area contributed by atoms with Crippen LogP contribution in [0.1, 0.15) is 0 Å². The molecule has 5 heterocycles. The Labute approximate surface area is 250 Å². The van der Waals surface area contributed by atoms with Gasteiger partial charge in [-0.05, 0) is 10.8 Å². The zero-order valence-electron chi connectivity index (χ0n) is 21.6. The number of halogens is 1. The first-order chi connectivity index (χ1) is 20.8. The Bertz CT molecular complexity index is 2040. The van der Waals surface area contributed by atoms with E-state index in [-0.39, 0.29) is 0 Å². The summed E-state index contributed by atoms with van der Waals surface area (Å²) in [4.78, 5) is 38.0. The van der Waals surface area contributed by atoms with E-state index in [2.05, 4.69) is 30.0 Å². The van der Waals surface area contributed by atoms with Crippen LogP contribution in [-0.4, -0.2) is 34.9 Å². The number of H-pyrrole nitrogens is 1. The number of rotatable bonds is 0. The summed E-state index contributed by atoms with van der Waals surface area (Å²) in [6, 6.07) is 32.0. The maximum absolute atomic E-state index is 5.00. The van der Waals surface area contributed by atoms with Crippen LogP contribution < -0.4 is 4.98 Å². The van der Waals surface area contributed by atoms with Gasteiger partial charge in [0, 0.05) is 44.3 Å². The molecule has 3 aromatic heterocycles. The summed E-state index contributed by atoms with van der Waals surface area (Å²) in [6.07, 6.45) is 0. The Morgan fingerprint density at radius 3 is 1.17 bits per heavy atom. The van der Waals surface area contributed by atoms with Crippen molar-refractivity contribution in [2.45, 2.75) is 0 Å². The summed E-state index contributed by atoms with van der Waals surface area (Å²) < 4.78 is 0. The maximum atomic E-state index is 5.00. The molecule has 0 atom stereocenters. The normalized spacial score (nSPS) is 11.6. The van der Waals surface area contributed by atoms with Crippen molar-refractivity contribution in [2.75, 3.05) is 0 Å². The number of fused-ring (bicyclic) bond motifs is 20. The fourth-order valence-electron chi connectivity index (χ4n) is 5.52. The fourth-order valence-corrected chi connectivity index (χ4v) is 5.52. The fraction of sp³-hybridized carbons (Fsp3) is 0. The van der Waals surface area contributed by atoms with Crippen LogP contribution in [0.2, 0.25) is 0 Å². The summed E-state index contributed by atoms with van der Waals surface area (Å²) in [5, 5.41) is 3.70. The number of nitrogens with one attached hydrogen (secondary N) is 1. The molecule has 1 N–H and O–H groups in total. The van der Waals surface area contributed by atoms with Gasteiger partial charge in [0.15, 0.2) is 11.6 Å². The predicted octanol–water partition coefficient (Wildman–Crippen LogP) is 7.19. The van der Waals surface area contributed by atoms with Crippen LogP contribution in [0, 0.1) is 0 Å². The predicted molar refractivity (Wildman–Crippen MR) is 161 cm³/mol. The number of aromatic nitrogens is 8. The number of benzene rings is 4. The second-order valence-corrected chi connectivity index (χ2v) is 9.73. The Balaban J connectivity index is 0.00000131. The molecule has 0 spiro atoms. The average molecular weight is 608 g/mol.